The molecule has 1 aliphatic carbocycles. The van der Waals surface area contributed by atoms with Crippen molar-refractivity contribution in [3.05, 3.63) is 88.7 Å². The van der Waals surface area contributed by atoms with Crippen LogP contribution in [-0.4, -0.2) is 47.8 Å². The third-order valence-corrected chi connectivity index (χ3v) is 7.01. The minimum atomic E-state index is 0.557. The molecule has 3 heterocycles. The number of piperazine rings is 1. The second-order valence-corrected chi connectivity index (χ2v) is 9.65. The fourth-order valence-corrected chi connectivity index (χ4v) is 4.87. The van der Waals surface area contributed by atoms with Crippen LogP contribution in [0.5, 0.6) is 0 Å². The Bertz CT molecular complexity index is 1540. The highest BCUT2D eigenvalue weighted by atomic mass is 15.2. The summed E-state index contributed by atoms with van der Waals surface area (Å²) in [5, 5.41) is 10.1. The molecule has 38 heavy (non-hydrogen) atoms. The number of fused-ring (bicyclic) bond motifs is 1. The van der Waals surface area contributed by atoms with E-state index >= 15 is 0 Å². The minimum Gasteiger partial charge on any atom is -0.353 e. The van der Waals surface area contributed by atoms with Crippen LogP contribution in [-0.2, 0) is 0 Å². The summed E-state index contributed by atoms with van der Waals surface area (Å²) >= 11 is 0. The molecular weight excluding hydrogens is 470 g/mol. The molecule has 2 N–H and O–H groups in total. The number of aliphatic imine (C=N–C) groups is 1. The lowest BCUT2D eigenvalue weighted by atomic mass is 10.1. The Hall–Kier alpha value is -4.10. The number of pyridine rings is 1. The summed E-state index contributed by atoms with van der Waals surface area (Å²) in [5.41, 5.74) is 3.72. The largest absolute Gasteiger partial charge is 0.353 e. The van der Waals surface area contributed by atoms with E-state index in [4.69, 9.17) is 9.97 Å². The summed E-state index contributed by atoms with van der Waals surface area (Å²) in [7, 11) is 0. The number of rotatable bonds is 8. The third-order valence-electron chi connectivity index (χ3n) is 7.01. The van der Waals surface area contributed by atoms with Crippen molar-refractivity contribution in [1.29, 1.82) is 0 Å². The molecule has 2 aromatic heterocycles. The molecule has 194 valence electrons. The van der Waals surface area contributed by atoms with Crippen molar-refractivity contribution in [2.45, 2.75) is 32.6 Å². The van der Waals surface area contributed by atoms with Gasteiger partial charge in [0, 0.05) is 49.0 Å². The number of hydrogen-bond donors (Lipinski definition) is 2. The maximum absolute atomic E-state index is 5.15. The topological polar surface area (TPSA) is 78.3 Å². The van der Waals surface area contributed by atoms with Crippen LogP contribution in [0.1, 0.15) is 44.0 Å². The molecule has 2 fully saturated rings. The van der Waals surface area contributed by atoms with Crippen molar-refractivity contribution >= 4 is 41.2 Å². The van der Waals surface area contributed by atoms with Gasteiger partial charge in [0.25, 0.3) is 0 Å². The standard InChI is InChI=1S/C31H35N7/c1-5-22-9-7-8-10-25(22)17-21(3)35-28(32-4)18-23(6-2)30-36-27-20-34-19-26(24-11-12-24)29(27)31(37-30)38-15-13-33-14-16-38/h5-10,17-20,24,33,35H,3-4,11-16H2,1-2H3/b22-5-,23-6+,25-17-,28-18+. The molecule has 2 aliphatic rings. The Morgan fingerprint density at radius 1 is 1.11 bits per heavy atom. The van der Waals surface area contributed by atoms with Crippen LogP contribution in [0.15, 0.2) is 71.9 Å². The summed E-state index contributed by atoms with van der Waals surface area (Å²) in [5.74, 6) is 2.78. The molecule has 3 aromatic rings. The lowest BCUT2D eigenvalue weighted by Gasteiger charge is -2.30. The number of nitrogens with one attached hydrogen (secondary N) is 2. The first kappa shape index (κ1) is 25.5. The van der Waals surface area contributed by atoms with Crippen molar-refractivity contribution in [1.82, 2.24) is 25.6 Å². The lowest BCUT2D eigenvalue weighted by Crippen LogP contribution is -2.44. The maximum atomic E-state index is 5.15. The fraction of sp³-hybridized carbons (Fsp3) is 0.290. The van der Waals surface area contributed by atoms with Gasteiger partial charge in [-0.2, -0.15) is 0 Å². The number of aromatic nitrogens is 3. The smallest absolute Gasteiger partial charge is 0.162 e. The first-order valence-corrected chi connectivity index (χ1v) is 13.3. The molecule has 1 saturated heterocycles. The van der Waals surface area contributed by atoms with Gasteiger partial charge in [-0.3, -0.25) is 4.98 Å². The Balaban J connectivity index is 1.52. The van der Waals surface area contributed by atoms with E-state index in [2.05, 4.69) is 57.0 Å². The van der Waals surface area contributed by atoms with Gasteiger partial charge in [-0.25, -0.2) is 15.0 Å². The summed E-state index contributed by atoms with van der Waals surface area (Å²) in [6, 6.07) is 8.19. The van der Waals surface area contributed by atoms with Crippen molar-refractivity contribution in [3.8, 4) is 0 Å². The Kier molecular flexibility index (Phi) is 7.75. The average Bonchev–Trinajstić information content (AvgIpc) is 3.80. The Labute approximate surface area is 224 Å². The molecular formula is C31H35N7. The van der Waals surface area contributed by atoms with Crippen molar-refractivity contribution < 1.29 is 0 Å². The third kappa shape index (κ3) is 5.58. The molecule has 0 unspecified atom stereocenters. The first-order valence-electron chi connectivity index (χ1n) is 13.3. The van der Waals surface area contributed by atoms with Crippen LogP contribution in [0, 0.1) is 0 Å². The van der Waals surface area contributed by atoms with E-state index in [-0.39, 0.29) is 0 Å². The lowest BCUT2D eigenvalue weighted by molar-refractivity contribution is 0.585. The molecule has 0 radical (unpaired) electrons. The van der Waals surface area contributed by atoms with Gasteiger partial charge >= 0.3 is 0 Å². The number of hydrogen-bond acceptors (Lipinski definition) is 7. The molecule has 1 saturated carbocycles. The van der Waals surface area contributed by atoms with E-state index in [9.17, 15) is 0 Å². The van der Waals surface area contributed by atoms with Crippen molar-refractivity contribution in [2.75, 3.05) is 31.1 Å². The molecule has 7 nitrogen and oxygen atoms in total. The predicted octanol–water partition coefficient (Wildman–Crippen LogP) is 3.64. The van der Waals surface area contributed by atoms with E-state index in [0.717, 1.165) is 58.9 Å². The van der Waals surface area contributed by atoms with Gasteiger partial charge in [0.05, 0.1) is 11.7 Å². The van der Waals surface area contributed by atoms with Gasteiger partial charge in [0.1, 0.15) is 11.6 Å². The fourth-order valence-electron chi connectivity index (χ4n) is 4.87. The van der Waals surface area contributed by atoms with E-state index < -0.39 is 0 Å². The van der Waals surface area contributed by atoms with Gasteiger partial charge in [0.2, 0.25) is 0 Å². The average molecular weight is 506 g/mol. The Morgan fingerprint density at radius 3 is 2.55 bits per heavy atom. The second-order valence-electron chi connectivity index (χ2n) is 9.65. The van der Waals surface area contributed by atoms with Crippen LogP contribution >= 0.6 is 0 Å². The van der Waals surface area contributed by atoms with E-state index in [0.29, 0.717) is 23.3 Å². The number of allylic oxidation sites excluding steroid dienone is 4. The van der Waals surface area contributed by atoms with Crippen LogP contribution < -0.4 is 26.0 Å². The quantitative estimate of drug-likeness (QED) is 0.360. The van der Waals surface area contributed by atoms with Crippen LogP contribution in [0.2, 0.25) is 0 Å². The van der Waals surface area contributed by atoms with E-state index in [1.165, 1.54) is 18.4 Å². The molecule has 7 heteroatoms. The van der Waals surface area contributed by atoms with Crippen molar-refractivity contribution in [2.24, 2.45) is 4.99 Å². The van der Waals surface area contributed by atoms with E-state index in [1.54, 1.807) is 0 Å². The van der Waals surface area contributed by atoms with E-state index in [1.807, 2.05) is 56.6 Å². The van der Waals surface area contributed by atoms with Gasteiger partial charge in [-0.05, 0) is 67.5 Å². The number of anilines is 1. The van der Waals surface area contributed by atoms with Crippen molar-refractivity contribution in [3.63, 3.8) is 0 Å². The zero-order valence-electron chi connectivity index (χ0n) is 22.2. The zero-order valence-corrected chi connectivity index (χ0v) is 22.2. The predicted molar refractivity (Wildman–Crippen MR) is 158 cm³/mol. The van der Waals surface area contributed by atoms with Gasteiger partial charge < -0.3 is 15.5 Å². The molecule has 0 amide bonds. The molecule has 1 aromatic carbocycles. The highest BCUT2D eigenvalue weighted by molar-refractivity contribution is 5.94. The summed E-state index contributed by atoms with van der Waals surface area (Å²) < 4.78 is 0. The highest BCUT2D eigenvalue weighted by Gasteiger charge is 2.29. The van der Waals surface area contributed by atoms with Gasteiger partial charge in [-0.1, -0.05) is 43.0 Å². The second kappa shape index (κ2) is 11.5. The minimum absolute atomic E-state index is 0.557. The monoisotopic (exact) mass is 505 g/mol. The molecule has 1 aliphatic heterocycles. The highest BCUT2D eigenvalue weighted by Crippen LogP contribution is 2.44. The van der Waals surface area contributed by atoms with Crippen LogP contribution in [0.4, 0.5) is 5.82 Å². The maximum Gasteiger partial charge on any atom is 0.162 e. The van der Waals surface area contributed by atoms with Gasteiger partial charge in [-0.15, -0.1) is 0 Å². The Morgan fingerprint density at radius 2 is 1.87 bits per heavy atom. The zero-order chi connectivity index (χ0) is 26.5. The van der Waals surface area contributed by atoms with Crippen LogP contribution in [0.3, 0.4) is 0 Å². The number of nitrogens with zero attached hydrogens (tertiary/aromatic N) is 5. The SMILES string of the molecule is C=N/C(=C\C(=C/C)c1nc(N2CCNCC2)c2c(C3CC3)cncc2n1)NC(=C)/C=c1/cccc/c1=C/C. The molecule has 0 bridgehead atoms. The first-order chi connectivity index (χ1) is 18.6. The summed E-state index contributed by atoms with van der Waals surface area (Å²) in [6.45, 7) is 15.7. The van der Waals surface area contributed by atoms with Gasteiger partial charge in [0.15, 0.2) is 5.82 Å². The number of benzene rings is 1. The summed E-state index contributed by atoms with van der Waals surface area (Å²) in [6.07, 6.45) is 14.3. The summed E-state index contributed by atoms with van der Waals surface area (Å²) in [4.78, 5) is 21.3. The normalized spacial score (nSPS) is 17.7. The molecule has 0 atom stereocenters. The van der Waals surface area contributed by atoms with Crippen LogP contribution in [0.25, 0.3) is 28.6 Å². The molecule has 0 spiro atoms. The molecule has 5 rings (SSSR count).